The van der Waals surface area contributed by atoms with Gasteiger partial charge in [-0.2, -0.15) is 0 Å². The summed E-state index contributed by atoms with van der Waals surface area (Å²) in [5, 5.41) is 0.334. The summed E-state index contributed by atoms with van der Waals surface area (Å²) in [6.45, 7) is 0.128. The fraction of sp³-hybridized carbons (Fsp3) is 0.417. The molecule has 0 N–H and O–H groups in total. The maximum absolute atomic E-state index is 13.0. The van der Waals surface area contributed by atoms with Crippen LogP contribution in [0.4, 0.5) is 8.78 Å². The Hall–Kier alpha value is -0.680. The fourth-order valence-electron chi connectivity index (χ4n) is 1.87. The first-order valence-corrected chi connectivity index (χ1v) is 6.68. The van der Waals surface area contributed by atoms with Gasteiger partial charge in [0, 0.05) is 30.4 Å². The van der Waals surface area contributed by atoms with Gasteiger partial charge >= 0.3 is 0 Å². The van der Waals surface area contributed by atoms with E-state index in [1.54, 1.807) is 18.2 Å². The average Bonchev–Trinajstić information content (AvgIpc) is 2.31. The Morgan fingerprint density at radius 1 is 1.33 bits per heavy atom. The van der Waals surface area contributed by atoms with E-state index in [1.807, 2.05) is 0 Å². The zero-order valence-electron chi connectivity index (χ0n) is 9.43. The topological polar surface area (TPSA) is 20.3 Å². The number of piperidine rings is 1. The van der Waals surface area contributed by atoms with Crippen molar-refractivity contribution in [1.82, 2.24) is 4.90 Å². The summed E-state index contributed by atoms with van der Waals surface area (Å²) < 4.78 is 26.8. The molecule has 1 aliphatic heterocycles. The number of likely N-dealkylation sites (tertiary alicyclic amines) is 1. The lowest BCUT2D eigenvalue weighted by atomic mass is 10.1. The van der Waals surface area contributed by atoms with Crippen LogP contribution >= 0.6 is 27.5 Å². The number of carbonyl (C=O) groups is 1. The van der Waals surface area contributed by atoms with E-state index >= 15 is 0 Å². The van der Waals surface area contributed by atoms with Crippen LogP contribution in [0.2, 0.25) is 5.02 Å². The number of benzene rings is 1. The van der Waals surface area contributed by atoms with Gasteiger partial charge in [-0.05, 0) is 18.2 Å². The van der Waals surface area contributed by atoms with E-state index < -0.39 is 5.92 Å². The van der Waals surface area contributed by atoms with Crippen molar-refractivity contribution in [3.8, 4) is 0 Å². The molecule has 0 unspecified atom stereocenters. The molecule has 1 aromatic rings. The van der Waals surface area contributed by atoms with E-state index in [4.69, 9.17) is 11.6 Å². The van der Waals surface area contributed by atoms with Gasteiger partial charge in [-0.15, -0.1) is 0 Å². The summed E-state index contributed by atoms with van der Waals surface area (Å²) in [5.41, 5.74) is 0.344. The summed E-state index contributed by atoms with van der Waals surface area (Å²) in [4.78, 5) is 13.6. The molecule has 6 heteroatoms. The van der Waals surface area contributed by atoms with Crippen molar-refractivity contribution in [3.63, 3.8) is 0 Å². The lowest BCUT2D eigenvalue weighted by Crippen LogP contribution is -2.42. The van der Waals surface area contributed by atoms with Crippen molar-refractivity contribution in [3.05, 3.63) is 33.3 Å². The number of amides is 1. The van der Waals surface area contributed by atoms with Gasteiger partial charge in [-0.25, -0.2) is 8.78 Å². The van der Waals surface area contributed by atoms with Crippen molar-refractivity contribution >= 4 is 33.4 Å². The molecule has 0 bridgehead atoms. The normalized spacial score (nSPS) is 18.8. The van der Waals surface area contributed by atoms with Gasteiger partial charge in [0.05, 0.1) is 10.6 Å². The highest BCUT2D eigenvalue weighted by atomic mass is 79.9. The van der Waals surface area contributed by atoms with Crippen LogP contribution in [-0.2, 0) is 0 Å². The maximum Gasteiger partial charge on any atom is 0.255 e. The van der Waals surface area contributed by atoms with Crippen LogP contribution < -0.4 is 0 Å². The molecule has 1 amide bonds. The number of nitrogens with zero attached hydrogens (tertiary/aromatic N) is 1. The molecule has 1 aliphatic rings. The third-order valence-corrected chi connectivity index (χ3v) is 3.76. The molecule has 1 heterocycles. The predicted molar refractivity (Wildman–Crippen MR) is 69.2 cm³/mol. The van der Waals surface area contributed by atoms with Gasteiger partial charge in [0.25, 0.3) is 11.8 Å². The molecule has 0 aliphatic carbocycles. The quantitative estimate of drug-likeness (QED) is 0.758. The first-order valence-electron chi connectivity index (χ1n) is 5.51. The van der Waals surface area contributed by atoms with E-state index in [-0.39, 0.29) is 31.8 Å². The predicted octanol–water partition coefficient (Wildman–Crippen LogP) is 3.97. The minimum absolute atomic E-state index is 0.0642. The van der Waals surface area contributed by atoms with E-state index in [0.29, 0.717) is 10.6 Å². The zero-order chi connectivity index (χ0) is 13.3. The van der Waals surface area contributed by atoms with Crippen LogP contribution in [0.3, 0.4) is 0 Å². The average molecular weight is 339 g/mol. The minimum atomic E-state index is -2.65. The van der Waals surface area contributed by atoms with Gasteiger partial charge < -0.3 is 4.90 Å². The van der Waals surface area contributed by atoms with Gasteiger partial charge in [-0.1, -0.05) is 27.5 Å². The lowest BCUT2D eigenvalue weighted by molar-refractivity contribution is -0.0494. The van der Waals surface area contributed by atoms with Crippen molar-refractivity contribution < 1.29 is 13.6 Å². The van der Waals surface area contributed by atoms with E-state index in [2.05, 4.69) is 15.9 Å². The van der Waals surface area contributed by atoms with Crippen molar-refractivity contribution in [2.75, 3.05) is 13.1 Å². The molecule has 0 saturated carbocycles. The Bertz CT molecular complexity index is 471. The fourth-order valence-corrected chi connectivity index (χ4v) is 2.43. The summed E-state index contributed by atoms with van der Waals surface area (Å²) in [7, 11) is 0. The molecule has 2 nitrogen and oxygen atoms in total. The molecule has 18 heavy (non-hydrogen) atoms. The van der Waals surface area contributed by atoms with Crippen LogP contribution in [0.1, 0.15) is 23.2 Å². The molecule has 2 rings (SSSR count). The van der Waals surface area contributed by atoms with Crippen LogP contribution in [-0.4, -0.2) is 29.8 Å². The summed E-state index contributed by atoms with van der Waals surface area (Å²) in [6.07, 6.45) is -0.575. The standard InChI is InChI=1S/C12H11BrClF2NO/c13-8-1-2-10(14)9(7-8)11(18)17-5-3-12(15,16)4-6-17/h1-2,7H,3-6H2. The number of halogens is 4. The zero-order valence-corrected chi connectivity index (χ0v) is 11.8. The number of hydrogen-bond acceptors (Lipinski definition) is 1. The van der Waals surface area contributed by atoms with Crippen molar-refractivity contribution in [2.45, 2.75) is 18.8 Å². The molecule has 98 valence electrons. The second-order valence-corrected chi connectivity index (χ2v) is 5.60. The molecule has 0 aromatic heterocycles. The van der Waals surface area contributed by atoms with Crippen LogP contribution in [0, 0.1) is 0 Å². The van der Waals surface area contributed by atoms with Crippen molar-refractivity contribution in [1.29, 1.82) is 0 Å². The van der Waals surface area contributed by atoms with E-state index in [1.165, 1.54) is 4.90 Å². The Morgan fingerprint density at radius 2 is 1.94 bits per heavy atom. The molecule has 0 spiro atoms. The highest BCUT2D eigenvalue weighted by molar-refractivity contribution is 9.10. The van der Waals surface area contributed by atoms with E-state index in [9.17, 15) is 13.6 Å². The number of alkyl halides is 2. The summed E-state index contributed by atoms with van der Waals surface area (Å²) >= 11 is 9.21. The molecule has 0 atom stereocenters. The Labute approximate surface area is 117 Å². The molecule has 0 radical (unpaired) electrons. The van der Waals surface area contributed by atoms with Gasteiger partial charge in [0.2, 0.25) is 0 Å². The highest BCUT2D eigenvalue weighted by Crippen LogP contribution is 2.29. The molecular formula is C12H11BrClF2NO. The Balaban J connectivity index is 2.15. The molecule has 1 fully saturated rings. The Kier molecular flexibility index (Phi) is 3.92. The Morgan fingerprint density at radius 3 is 2.56 bits per heavy atom. The summed E-state index contributed by atoms with van der Waals surface area (Å²) in [6, 6.07) is 4.94. The third-order valence-electron chi connectivity index (χ3n) is 2.94. The van der Waals surface area contributed by atoms with Gasteiger partial charge in [-0.3, -0.25) is 4.79 Å². The van der Waals surface area contributed by atoms with E-state index in [0.717, 1.165) is 4.47 Å². The van der Waals surface area contributed by atoms with Gasteiger partial charge in [0.1, 0.15) is 0 Å². The summed E-state index contributed by atoms with van der Waals surface area (Å²) in [5.74, 6) is -2.95. The number of hydrogen-bond donors (Lipinski definition) is 0. The van der Waals surface area contributed by atoms with Crippen LogP contribution in [0.25, 0.3) is 0 Å². The van der Waals surface area contributed by atoms with Crippen LogP contribution in [0.15, 0.2) is 22.7 Å². The SMILES string of the molecule is O=C(c1cc(Br)ccc1Cl)N1CCC(F)(F)CC1. The lowest BCUT2D eigenvalue weighted by Gasteiger charge is -2.32. The highest BCUT2D eigenvalue weighted by Gasteiger charge is 2.36. The monoisotopic (exact) mass is 337 g/mol. The first kappa shape index (κ1) is 13.7. The number of rotatable bonds is 1. The minimum Gasteiger partial charge on any atom is -0.338 e. The van der Waals surface area contributed by atoms with Crippen LogP contribution in [0.5, 0.6) is 0 Å². The maximum atomic E-state index is 13.0. The van der Waals surface area contributed by atoms with Gasteiger partial charge in [0.15, 0.2) is 0 Å². The largest absolute Gasteiger partial charge is 0.338 e. The second kappa shape index (κ2) is 5.13. The van der Waals surface area contributed by atoms with Crippen molar-refractivity contribution in [2.24, 2.45) is 0 Å². The smallest absolute Gasteiger partial charge is 0.255 e. The molecule has 1 aromatic carbocycles. The second-order valence-electron chi connectivity index (χ2n) is 4.27. The molecular weight excluding hydrogens is 327 g/mol. The molecule has 1 saturated heterocycles. The third kappa shape index (κ3) is 3.01. The number of carbonyl (C=O) groups excluding carboxylic acids is 1. The first-order chi connectivity index (χ1) is 8.39.